The standard InChI is InChI=1S/C13H8ClF3N4OS/c1-6-9(10(22)18-8-4-2-3-7(14)5-8)23-12-19-11(13(15,16)17)20-21(6)12/h2-5H,1H3,(H,18,22). The van der Waals surface area contributed by atoms with Crippen molar-refractivity contribution >= 4 is 39.5 Å². The van der Waals surface area contributed by atoms with E-state index >= 15 is 0 Å². The number of carbonyl (C=O) groups excluding carboxylic acids is 1. The molecule has 0 saturated heterocycles. The summed E-state index contributed by atoms with van der Waals surface area (Å²) in [6.07, 6.45) is -4.62. The average molecular weight is 361 g/mol. The second-order valence-electron chi connectivity index (χ2n) is 4.61. The molecule has 2 aromatic heterocycles. The van der Waals surface area contributed by atoms with Crippen LogP contribution in [0, 0.1) is 6.92 Å². The van der Waals surface area contributed by atoms with Crippen molar-refractivity contribution in [2.45, 2.75) is 13.1 Å². The van der Waals surface area contributed by atoms with Crippen LogP contribution in [0.25, 0.3) is 4.96 Å². The number of carbonyl (C=O) groups is 1. The van der Waals surface area contributed by atoms with Crippen molar-refractivity contribution in [1.82, 2.24) is 14.6 Å². The zero-order chi connectivity index (χ0) is 16.8. The first-order chi connectivity index (χ1) is 10.8. The Morgan fingerprint density at radius 3 is 2.74 bits per heavy atom. The molecule has 23 heavy (non-hydrogen) atoms. The van der Waals surface area contributed by atoms with E-state index in [2.05, 4.69) is 15.4 Å². The summed E-state index contributed by atoms with van der Waals surface area (Å²) < 4.78 is 38.8. The summed E-state index contributed by atoms with van der Waals surface area (Å²) in [6, 6.07) is 6.54. The first-order valence-electron chi connectivity index (χ1n) is 6.26. The number of halogens is 4. The predicted octanol–water partition coefficient (Wildman–Crippen LogP) is 4.02. The number of hydrogen-bond acceptors (Lipinski definition) is 4. The van der Waals surface area contributed by atoms with Crippen molar-refractivity contribution in [3.63, 3.8) is 0 Å². The molecular weight excluding hydrogens is 353 g/mol. The minimum absolute atomic E-state index is 0.00562. The molecule has 0 aliphatic rings. The molecule has 2 heterocycles. The highest BCUT2D eigenvalue weighted by molar-refractivity contribution is 7.19. The number of rotatable bonds is 2. The van der Waals surface area contributed by atoms with E-state index in [0.29, 0.717) is 10.7 Å². The van der Waals surface area contributed by atoms with Gasteiger partial charge in [-0.15, -0.1) is 5.10 Å². The first kappa shape index (κ1) is 15.8. The zero-order valence-electron chi connectivity index (χ0n) is 11.5. The van der Waals surface area contributed by atoms with Crippen LogP contribution in [0.15, 0.2) is 24.3 Å². The molecule has 0 bridgehead atoms. The smallest absolute Gasteiger partial charge is 0.321 e. The Balaban J connectivity index is 1.92. The van der Waals surface area contributed by atoms with E-state index in [1.807, 2.05) is 0 Å². The Morgan fingerprint density at radius 2 is 2.13 bits per heavy atom. The molecule has 10 heteroatoms. The van der Waals surface area contributed by atoms with E-state index in [1.54, 1.807) is 24.3 Å². The maximum atomic E-state index is 12.6. The molecule has 3 aromatic rings. The number of nitrogens with one attached hydrogen (secondary N) is 1. The number of nitrogens with zero attached hydrogens (tertiary/aromatic N) is 3. The lowest BCUT2D eigenvalue weighted by Crippen LogP contribution is -2.12. The molecule has 1 amide bonds. The van der Waals surface area contributed by atoms with Gasteiger partial charge < -0.3 is 5.32 Å². The summed E-state index contributed by atoms with van der Waals surface area (Å²) in [7, 11) is 0. The van der Waals surface area contributed by atoms with Gasteiger partial charge in [-0.3, -0.25) is 4.79 Å². The highest BCUT2D eigenvalue weighted by Gasteiger charge is 2.37. The number of alkyl halides is 3. The third-order valence-corrected chi connectivity index (χ3v) is 4.33. The molecule has 0 radical (unpaired) electrons. The number of anilines is 1. The van der Waals surface area contributed by atoms with E-state index in [0.717, 1.165) is 15.9 Å². The summed E-state index contributed by atoms with van der Waals surface area (Å²) >= 11 is 6.67. The molecule has 0 aliphatic heterocycles. The fourth-order valence-corrected chi connectivity index (χ4v) is 3.08. The van der Waals surface area contributed by atoms with Gasteiger partial charge in [0.05, 0.1) is 5.69 Å². The SMILES string of the molecule is Cc1c(C(=O)Nc2cccc(Cl)c2)sc2nc(C(F)(F)F)nn12. The predicted molar refractivity (Wildman–Crippen MR) is 80.0 cm³/mol. The van der Waals surface area contributed by atoms with E-state index in [4.69, 9.17) is 11.6 Å². The quantitative estimate of drug-likeness (QED) is 0.750. The second kappa shape index (κ2) is 5.50. The van der Waals surface area contributed by atoms with Crippen LogP contribution < -0.4 is 5.32 Å². The van der Waals surface area contributed by atoms with E-state index in [-0.39, 0.29) is 15.5 Å². The van der Waals surface area contributed by atoms with E-state index in [1.165, 1.54) is 6.92 Å². The fourth-order valence-electron chi connectivity index (χ4n) is 1.93. The molecular formula is C13H8ClF3N4OS. The highest BCUT2D eigenvalue weighted by atomic mass is 35.5. The molecule has 1 N–H and O–H groups in total. The molecule has 0 fully saturated rings. The van der Waals surface area contributed by atoms with Crippen LogP contribution in [0.4, 0.5) is 18.9 Å². The Hall–Kier alpha value is -2.13. The number of thiazole rings is 1. The van der Waals surface area contributed by atoms with Crippen LogP contribution in [0.3, 0.4) is 0 Å². The van der Waals surface area contributed by atoms with Crippen LogP contribution in [-0.2, 0) is 6.18 Å². The van der Waals surface area contributed by atoms with E-state index in [9.17, 15) is 18.0 Å². The summed E-state index contributed by atoms with van der Waals surface area (Å²) in [5, 5.41) is 6.48. The van der Waals surface area contributed by atoms with Crippen molar-refractivity contribution in [3.05, 3.63) is 45.7 Å². The molecule has 0 unspecified atom stereocenters. The van der Waals surface area contributed by atoms with Crippen LogP contribution in [0.5, 0.6) is 0 Å². The Morgan fingerprint density at radius 1 is 1.39 bits per heavy atom. The lowest BCUT2D eigenvalue weighted by molar-refractivity contribution is -0.144. The van der Waals surface area contributed by atoms with Crippen LogP contribution in [-0.4, -0.2) is 20.5 Å². The number of amides is 1. The van der Waals surface area contributed by atoms with Gasteiger partial charge in [0.1, 0.15) is 4.88 Å². The van der Waals surface area contributed by atoms with Crippen molar-refractivity contribution in [3.8, 4) is 0 Å². The lowest BCUT2D eigenvalue weighted by Gasteiger charge is -2.04. The number of aromatic nitrogens is 3. The molecule has 1 aromatic carbocycles. The van der Waals surface area contributed by atoms with Gasteiger partial charge in [0.25, 0.3) is 11.7 Å². The molecule has 0 spiro atoms. The summed E-state index contributed by atoms with van der Waals surface area (Å²) in [4.78, 5) is 15.9. The number of fused-ring (bicyclic) bond motifs is 1. The Bertz CT molecular complexity index is 902. The lowest BCUT2D eigenvalue weighted by atomic mass is 10.3. The Labute approximate surface area is 136 Å². The first-order valence-corrected chi connectivity index (χ1v) is 7.45. The summed E-state index contributed by atoms with van der Waals surface area (Å²) in [6.45, 7) is 1.51. The topological polar surface area (TPSA) is 59.3 Å². The van der Waals surface area contributed by atoms with Crippen LogP contribution >= 0.6 is 22.9 Å². The van der Waals surface area contributed by atoms with Gasteiger partial charge in [-0.1, -0.05) is 29.0 Å². The van der Waals surface area contributed by atoms with Gasteiger partial charge in [-0.05, 0) is 25.1 Å². The Kier molecular flexibility index (Phi) is 3.77. The van der Waals surface area contributed by atoms with Gasteiger partial charge in [0, 0.05) is 10.7 Å². The minimum Gasteiger partial charge on any atom is -0.321 e. The zero-order valence-corrected chi connectivity index (χ0v) is 13.1. The summed E-state index contributed by atoms with van der Waals surface area (Å²) in [5.74, 6) is -1.69. The van der Waals surface area contributed by atoms with Crippen LogP contribution in [0.1, 0.15) is 21.2 Å². The largest absolute Gasteiger partial charge is 0.453 e. The van der Waals surface area contributed by atoms with E-state index < -0.39 is 17.9 Å². The molecule has 0 atom stereocenters. The van der Waals surface area contributed by atoms with Crippen molar-refractivity contribution < 1.29 is 18.0 Å². The highest BCUT2D eigenvalue weighted by Crippen LogP contribution is 2.30. The van der Waals surface area contributed by atoms with Gasteiger partial charge >= 0.3 is 6.18 Å². The molecule has 0 aliphatic carbocycles. The minimum atomic E-state index is -4.62. The second-order valence-corrected chi connectivity index (χ2v) is 6.02. The van der Waals surface area contributed by atoms with Gasteiger partial charge in [0.2, 0.25) is 4.96 Å². The third kappa shape index (κ3) is 3.02. The number of hydrogen-bond donors (Lipinski definition) is 1. The van der Waals surface area contributed by atoms with Crippen molar-refractivity contribution in [2.75, 3.05) is 5.32 Å². The average Bonchev–Trinajstić information content (AvgIpc) is 2.98. The van der Waals surface area contributed by atoms with Gasteiger partial charge in [-0.2, -0.15) is 18.2 Å². The van der Waals surface area contributed by atoms with Crippen molar-refractivity contribution in [1.29, 1.82) is 0 Å². The maximum absolute atomic E-state index is 12.6. The molecule has 5 nitrogen and oxygen atoms in total. The number of benzene rings is 1. The third-order valence-electron chi connectivity index (χ3n) is 2.96. The monoisotopic (exact) mass is 360 g/mol. The van der Waals surface area contributed by atoms with Crippen LogP contribution in [0.2, 0.25) is 5.02 Å². The maximum Gasteiger partial charge on any atom is 0.453 e. The fraction of sp³-hybridized carbons (Fsp3) is 0.154. The normalized spacial score (nSPS) is 11.9. The molecule has 0 saturated carbocycles. The molecule has 3 rings (SSSR count). The van der Waals surface area contributed by atoms with Gasteiger partial charge in [-0.25, -0.2) is 4.52 Å². The summed E-state index contributed by atoms with van der Waals surface area (Å²) in [5.41, 5.74) is 0.768. The van der Waals surface area contributed by atoms with Crippen molar-refractivity contribution in [2.24, 2.45) is 0 Å². The van der Waals surface area contributed by atoms with Gasteiger partial charge in [0.15, 0.2) is 0 Å². The molecule has 120 valence electrons. The number of aryl methyl sites for hydroxylation is 1.